The van der Waals surface area contributed by atoms with E-state index in [1.807, 2.05) is 4.90 Å². The summed E-state index contributed by atoms with van der Waals surface area (Å²) < 4.78 is 18.4. The summed E-state index contributed by atoms with van der Waals surface area (Å²) in [6.45, 7) is 0. The van der Waals surface area contributed by atoms with Gasteiger partial charge in [0.1, 0.15) is 11.6 Å². The predicted octanol–water partition coefficient (Wildman–Crippen LogP) is 4.63. The molecule has 33 heavy (non-hydrogen) atoms. The van der Waals surface area contributed by atoms with Crippen LogP contribution in [0.4, 0.5) is 20.6 Å². The third kappa shape index (κ3) is 5.22. The number of rotatable bonds is 6. The lowest BCUT2D eigenvalue weighted by Gasteiger charge is -2.39. The van der Waals surface area contributed by atoms with Crippen molar-refractivity contribution in [2.45, 2.75) is 43.8 Å². The summed E-state index contributed by atoms with van der Waals surface area (Å²) in [4.78, 5) is 26.4. The molecule has 0 aliphatic carbocycles. The summed E-state index contributed by atoms with van der Waals surface area (Å²) in [5.74, 6) is 0.0773. The number of carbonyl (C=O) groups excluding carboxylic acids is 2. The van der Waals surface area contributed by atoms with Crippen LogP contribution in [0.5, 0.6) is 5.75 Å². The van der Waals surface area contributed by atoms with Crippen molar-refractivity contribution >= 4 is 41.0 Å². The Labute approximate surface area is 196 Å². The average molecular weight is 473 g/mol. The van der Waals surface area contributed by atoms with Crippen molar-refractivity contribution < 1.29 is 18.7 Å². The van der Waals surface area contributed by atoms with Crippen molar-refractivity contribution in [2.24, 2.45) is 5.73 Å². The molecule has 1 unspecified atom stereocenters. The lowest BCUT2D eigenvalue weighted by Crippen LogP contribution is -2.49. The quantitative estimate of drug-likeness (QED) is 0.534. The molecule has 2 saturated heterocycles. The summed E-state index contributed by atoms with van der Waals surface area (Å²) in [6.07, 6.45) is 6.71. The Morgan fingerprint density at radius 2 is 1.85 bits per heavy atom. The zero-order valence-corrected chi connectivity index (χ0v) is 18.9. The number of urea groups is 1. The maximum atomic E-state index is 13.2. The van der Waals surface area contributed by atoms with Crippen LogP contribution in [0, 0.1) is 5.82 Å². The van der Waals surface area contributed by atoms with E-state index >= 15 is 0 Å². The maximum Gasteiger partial charge on any atom is 0.316 e. The zero-order chi connectivity index (χ0) is 23.5. The SMILES string of the molecule is COc1cc(/C=C/C(=O)N2[C@@H]3CC[C@H]2CC(Nc2ccc(F)cc2)C3)c(NC(N)=O)cc1Cl. The molecule has 2 bridgehead atoms. The molecule has 0 saturated carbocycles. The van der Waals surface area contributed by atoms with Crippen molar-refractivity contribution in [3.05, 3.63) is 58.9 Å². The highest BCUT2D eigenvalue weighted by Gasteiger charge is 2.42. The van der Waals surface area contributed by atoms with Gasteiger partial charge in [-0.3, -0.25) is 4.79 Å². The molecule has 4 N–H and O–H groups in total. The Kier molecular flexibility index (Phi) is 6.74. The number of nitrogens with one attached hydrogen (secondary N) is 2. The van der Waals surface area contributed by atoms with Gasteiger partial charge in [-0.1, -0.05) is 11.6 Å². The van der Waals surface area contributed by atoms with Crippen LogP contribution in [0.25, 0.3) is 6.08 Å². The number of primary amides is 1. The van der Waals surface area contributed by atoms with Crippen LogP contribution in [-0.2, 0) is 4.79 Å². The second-order valence-corrected chi connectivity index (χ2v) is 8.75. The lowest BCUT2D eigenvalue weighted by molar-refractivity contribution is -0.130. The average Bonchev–Trinajstić information content (AvgIpc) is 3.04. The highest BCUT2D eigenvalue weighted by Crippen LogP contribution is 2.37. The molecule has 2 aliphatic heterocycles. The molecule has 2 aromatic carbocycles. The van der Waals surface area contributed by atoms with Gasteiger partial charge in [0.15, 0.2) is 0 Å². The van der Waals surface area contributed by atoms with E-state index in [0.717, 1.165) is 31.4 Å². The number of amides is 3. The van der Waals surface area contributed by atoms with E-state index in [0.29, 0.717) is 22.0 Å². The van der Waals surface area contributed by atoms with Crippen molar-refractivity contribution in [1.82, 2.24) is 4.90 Å². The normalized spacial score (nSPS) is 21.8. The van der Waals surface area contributed by atoms with E-state index in [1.54, 1.807) is 24.3 Å². The molecular formula is C24H26ClFN4O3. The van der Waals surface area contributed by atoms with Gasteiger partial charge in [-0.15, -0.1) is 0 Å². The number of methoxy groups -OCH3 is 1. The molecule has 174 valence electrons. The van der Waals surface area contributed by atoms with Gasteiger partial charge in [0.25, 0.3) is 0 Å². The Morgan fingerprint density at radius 3 is 2.45 bits per heavy atom. The smallest absolute Gasteiger partial charge is 0.316 e. The number of benzene rings is 2. The number of nitrogens with two attached hydrogens (primary N) is 1. The fourth-order valence-electron chi connectivity index (χ4n) is 4.79. The molecule has 2 fully saturated rings. The van der Waals surface area contributed by atoms with Crippen LogP contribution in [0.2, 0.25) is 5.02 Å². The van der Waals surface area contributed by atoms with Gasteiger partial charge in [0.2, 0.25) is 5.91 Å². The lowest BCUT2D eigenvalue weighted by atomic mass is 9.96. The molecule has 9 heteroatoms. The van der Waals surface area contributed by atoms with E-state index in [2.05, 4.69) is 10.6 Å². The van der Waals surface area contributed by atoms with Crippen LogP contribution < -0.4 is 21.1 Å². The molecule has 2 heterocycles. The highest BCUT2D eigenvalue weighted by molar-refractivity contribution is 6.32. The minimum atomic E-state index is -0.731. The largest absolute Gasteiger partial charge is 0.495 e. The number of nitrogens with zero attached hydrogens (tertiary/aromatic N) is 1. The molecule has 7 nitrogen and oxygen atoms in total. The number of ether oxygens (including phenoxy) is 1. The van der Waals surface area contributed by atoms with Crippen LogP contribution >= 0.6 is 11.6 Å². The van der Waals surface area contributed by atoms with Crippen LogP contribution in [0.1, 0.15) is 31.2 Å². The number of anilines is 2. The van der Waals surface area contributed by atoms with E-state index in [4.69, 9.17) is 22.1 Å². The molecular weight excluding hydrogens is 447 g/mol. The minimum Gasteiger partial charge on any atom is -0.495 e. The maximum absolute atomic E-state index is 13.2. The van der Waals surface area contributed by atoms with Gasteiger partial charge in [0, 0.05) is 35.5 Å². The Hall–Kier alpha value is -3.26. The number of carbonyl (C=O) groups is 2. The van der Waals surface area contributed by atoms with Crippen molar-refractivity contribution in [2.75, 3.05) is 17.7 Å². The molecule has 3 amide bonds. The van der Waals surface area contributed by atoms with E-state index < -0.39 is 6.03 Å². The molecule has 2 aromatic rings. The third-order valence-corrected chi connectivity index (χ3v) is 6.49. The summed E-state index contributed by atoms with van der Waals surface area (Å²) in [5.41, 5.74) is 7.09. The molecule has 4 rings (SSSR count). The number of piperidine rings is 1. The molecule has 0 spiro atoms. The standard InChI is InChI=1S/C24H26ClFN4O3/c1-33-22-10-14(21(13-20(22)25)29-24(27)32)2-9-23(31)30-18-7-8-19(30)12-17(11-18)28-16-5-3-15(26)4-6-16/h2-6,9-10,13,17-19,28H,7-8,11-12H2,1H3,(H3,27,29,32)/b9-2+/t17?,18-,19+. The van der Waals surface area contributed by atoms with Gasteiger partial charge in [-0.05, 0) is 68.2 Å². The number of hydrogen-bond acceptors (Lipinski definition) is 4. The first-order valence-electron chi connectivity index (χ1n) is 10.8. The van der Waals surface area contributed by atoms with E-state index in [-0.39, 0.29) is 29.8 Å². The molecule has 2 aliphatic rings. The Bertz CT molecular complexity index is 1060. The second kappa shape index (κ2) is 9.70. The first-order chi connectivity index (χ1) is 15.8. The third-order valence-electron chi connectivity index (χ3n) is 6.19. The summed E-state index contributed by atoms with van der Waals surface area (Å²) in [6, 6.07) is 9.30. The van der Waals surface area contributed by atoms with Gasteiger partial charge >= 0.3 is 6.03 Å². The summed E-state index contributed by atoms with van der Waals surface area (Å²) in [5, 5.41) is 6.31. The van der Waals surface area contributed by atoms with Crippen molar-refractivity contribution in [3.8, 4) is 5.75 Å². The van der Waals surface area contributed by atoms with Crippen LogP contribution in [0.3, 0.4) is 0 Å². The number of halogens is 2. The monoisotopic (exact) mass is 472 g/mol. The number of hydrogen-bond donors (Lipinski definition) is 3. The number of fused-ring (bicyclic) bond motifs is 2. The topological polar surface area (TPSA) is 96.7 Å². The van der Waals surface area contributed by atoms with Crippen molar-refractivity contribution in [3.63, 3.8) is 0 Å². The fourth-order valence-corrected chi connectivity index (χ4v) is 5.03. The van der Waals surface area contributed by atoms with Gasteiger partial charge < -0.3 is 26.0 Å². The van der Waals surface area contributed by atoms with Gasteiger partial charge in [-0.2, -0.15) is 0 Å². The van der Waals surface area contributed by atoms with Gasteiger partial charge in [0.05, 0.1) is 17.8 Å². The zero-order valence-electron chi connectivity index (χ0n) is 18.2. The predicted molar refractivity (Wildman–Crippen MR) is 127 cm³/mol. The second-order valence-electron chi connectivity index (χ2n) is 8.35. The Morgan fingerprint density at radius 1 is 1.18 bits per heavy atom. The van der Waals surface area contributed by atoms with Crippen LogP contribution in [0.15, 0.2) is 42.5 Å². The minimum absolute atomic E-state index is 0.0818. The fraction of sp³-hybridized carbons (Fsp3) is 0.333. The molecule has 0 aromatic heterocycles. The highest BCUT2D eigenvalue weighted by atomic mass is 35.5. The first kappa shape index (κ1) is 22.9. The van der Waals surface area contributed by atoms with E-state index in [9.17, 15) is 14.0 Å². The first-order valence-corrected chi connectivity index (χ1v) is 11.2. The van der Waals surface area contributed by atoms with E-state index in [1.165, 1.54) is 31.4 Å². The molecule has 3 atom stereocenters. The van der Waals surface area contributed by atoms with Crippen molar-refractivity contribution in [1.29, 1.82) is 0 Å². The summed E-state index contributed by atoms with van der Waals surface area (Å²) in [7, 11) is 1.49. The van der Waals surface area contributed by atoms with Crippen LogP contribution in [-0.4, -0.2) is 42.1 Å². The molecule has 0 radical (unpaired) electrons. The van der Waals surface area contributed by atoms with Gasteiger partial charge in [-0.25, -0.2) is 9.18 Å². The Balaban J connectivity index is 1.46. The summed E-state index contributed by atoms with van der Waals surface area (Å²) >= 11 is 6.15.